The third kappa shape index (κ3) is 4.50. The number of phenolic OH excluding ortho intramolecular Hbond substituents is 1. The minimum Gasteiger partial charge on any atom is -0.508 e. The van der Waals surface area contributed by atoms with Crippen molar-refractivity contribution in [3.8, 4) is 5.75 Å². The number of halogens is 1. The Morgan fingerprint density at radius 3 is 2.52 bits per heavy atom. The molecule has 6 heteroatoms. The zero-order chi connectivity index (χ0) is 15.2. The van der Waals surface area contributed by atoms with E-state index in [2.05, 4.69) is 10.9 Å². The van der Waals surface area contributed by atoms with Gasteiger partial charge in [0.25, 0.3) is 5.91 Å². The minimum absolute atomic E-state index is 0.0459. The maximum absolute atomic E-state index is 11.8. The summed E-state index contributed by atoms with van der Waals surface area (Å²) in [4.78, 5) is 23.5. The summed E-state index contributed by atoms with van der Waals surface area (Å²) in [6, 6.07) is 12.7. The number of carbonyl (C=O) groups is 2. The molecule has 0 spiro atoms. The third-order valence-electron chi connectivity index (χ3n) is 2.68. The van der Waals surface area contributed by atoms with E-state index in [4.69, 9.17) is 11.6 Å². The molecule has 0 aliphatic carbocycles. The number of phenols is 1. The molecule has 0 unspecified atom stereocenters. The van der Waals surface area contributed by atoms with Gasteiger partial charge in [0.2, 0.25) is 5.91 Å². The highest BCUT2D eigenvalue weighted by Crippen LogP contribution is 2.11. The lowest BCUT2D eigenvalue weighted by Crippen LogP contribution is -2.42. The standard InChI is InChI=1S/C15H13ClN2O3/c16-12-5-2-4-11(9-12)15(21)18-17-14(20)8-10-3-1-6-13(19)7-10/h1-7,9,19H,8H2,(H,17,20)(H,18,21). The van der Waals surface area contributed by atoms with Gasteiger partial charge in [-0.1, -0.05) is 29.8 Å². The SMILES string of the molecule is O=C(Cc1cccc(O)c1)NNC(=O)c1cccc(Cl)c1. The quantitative estimate of drug-likeness (QED) is 0.759. The van der Waals surface area contributed by atoms with Crippen LogP contribution in [0.5, 0.6) is 5.75 Å². The zero-order valence-electron chi connectivity index (χ0n) is 11.0. The molecule has 108 valence electrons. The summed E-state index contributed by atoms with van der Waals surface area (Å²) in [7, 11) is 0. The Kier molecular flexibility index (Phi) is 4.79. The van der Waals surface area contributed by atoms with Crippen molar-refractivity contribution in [2.24, 2.45) is 0 Å². The van der Waals surface area contributed by atoms with Crippen molar-refractivity contribution in [1.29, 1.82) is 0 Å². The van der Waals surface area contributed by atoms with Crippen LogP contribution in [0.15, 0.2) is 48.5 Å². The molecule has 2 aromatic carbocycles. The first-order valence-electron chi connectivity index (χ1n) is 6.17. The van der Waals surface area contributed by atoms with Crippen molar-refractivity contribution in [2.75, 3.05) is 0 Å². The van der Waals surface area contributed by atoms with Gasteiger partial charge in [-0.15, -0.1) is 0 Å². The van der Waals surface area contributed by atoms with Gasteiger partial charge in [0.1, 0.15) is 5.75 Å². The Balaban J connectivity index is 1.88. The predicted octanol–water partition coefficient (Wildman–Crippen LogP) is 2.05. The lowest BCUT2D eigenvalue weighted by Gasteiger charge is -2.08. The van der Waals surface area contributed by atoms with Crippen LogP contribution in [-0.2, 0) is 11.2 Å². The summed E-state index contributed by atoms with van der Waals surface area (Å²) in [5.74, 6) is -0.763. The summed E-state index contributed by atoms with van der Waals surface area (Å²) in [5, 5.41) is 9.74. The molecule has 3 N–H and O–H groups in total. The number of benzene rings is 2. The number of rotatable bonds is 3. The number of carbonyl (C=O) groups excluding carboxylic acids is 2. The van der Waals surface area contributed by atoms with Crippen molar-refractivity contribution < 1.29 is 14.7 Å². The van der Waals surface area contributed by atoms with Crippen LogP contribution in [0.2, 0.25) is 5.02 Å². The average Bonchev–Trinajstić information content (AvgIpc) is 2.45. The second kappa shape index (κ2) is 6.76. The van der Waals surface area contributed by atoms with Gasteiger partial charge in [-0.25, -0.2) is 0 Å². The van der Waals surface area contributed by atoms with Crippen LogP contribution in [0.3, 0.4) is 0 Å². The molecule has 2 aromatic rings. The van der Waals surface area contributed by atoms with E-state index in [9.17, 15) is 14.7 Å². The van der Waals surface area contributed by atoms with Crippen LogP contribution in [0, 0.1) is 0 Å². The maximum Gasteiger partial charge on any atom is 0.269 e. The summed E-state index contributed by atoms with van der Waals surface area (Å²) >= 11 is 5.78. The number of hydrazine groups is 1. The first kappa shape index (κ1) is 14.9. The molecule has 5 nitrogen and oxygen atoms in total. The van der Waals surface area contributed by atoms with Crippen molar-refractivity contribution >= 4 is 23.4 Å². The molecule has 0 aromatic heterocycles. The van der Waals surface area contributed by atoms with Gasteiger partial charge in [-0.2, -0.15) is 0 Å². The van der Waals surface area contributed by atoms with Gasteiger partial charge in [-0.3, -0.25) is 20.4 Å². The topological polar surface area (TPSA) is 78.4 Å². The molecule has 21 heavy (non-hydrogen) atoms. The van der Waals surface area contributed by atoms with E-state index in [1.54, 1.807) is 30.3 Å². The molecule has 0 aliphatic heterocycles. The molecular formula is C15H13ClN2O3. The van der Waals surface area contributed by atoms with E-state index in [1.807, 2.05) is 0 Å². The zero-order valence-corrected chi connectivity index (χ0v) is 11.7. The van der Waals surface area contributed by atoms with Gasteiger partial charge in [-0.05, 0) is 35.9 Å². The normalized spacial score (nSPS) is 9.95. The summed E-state index contributed by atoms with van der Waals surface area (Å²) in [6.07, 6.45) is 0.0459. The first-order chi connectivity index (χ1) is 10.0. The fourth-order valence-electron chi connectivity index (χ4n) is 1.72. The van der Waals surface area contributed by atoms with E-state index >= 15 is 0 Å². The smallest absolute Gasteiger partial charge is 0.269 e. The third-order valence-corrected chi connectivity index (χ3v) is 2.91. The van der Waals surface area contributed by atoms with Gasteiger partial charge in [0, 0.05) is 10.6 Å². The molecule has 0 heterocycles. The van der Waals surface area contributed by atoms with E-state index in [1.165, 1.54) is 18.2 Å². The Morgan fingerprint density at radius 1 is 1.05 bits per heavy atom. The minimum atomic E-state index is -0.457. The number of hydrogen-bond acceptors (Lipinski definition) is 3. The maximum atomic E-state index is 11.8. The lowest BCUT2D eigenvalue weighted by molar-refractivity contribution is -0.121. The Hall–Kier alpha value is -2.53. The summed E-state index contributed by atoms with van der Waals surface area (Å²) in [6.45, 7) is 0. The number of aromatic hydroxyl groups is 1. The predicted molar refractivity (Wildman–Crippen MR) is 78.9 cm³/mol. The molecule has 0 aliphatic rings. The number of amides is 2. The fraction of sp³-hybridized carbons (Fsp3) is 0.0667. The van der Waals surface area contributed by atoms with E-state index in [-0.39, 0.29) is 12.2 Å². The summed E-state index contributed by atoms with van der Waals surface area (Å²) in [5.41, 5.74) is 5.60. The van der Waals surface area contributed by atoms with Gasteiger partial charge < -0.3 is 5.11 Å². The Morgan fingerprint density at radius 2 is 1.81 bits per heavy atom. The number of hydrogen-bond donors (Lipinski definition) is 3. The van der Waals surface area contributed by atoms with Gasteiger partial charge in [0.15, 0.2) is 0 Å². The molecule has 0 atom stereocenters. The highest BCUT2D eigenvalue weighted by molar-refractivity contribution is 6.30. The van der Waals surface area contributed by atoms with Crippen molar-refractivity contribution in [3.63, 3.8) is 0 Å². The molecule has 2 amide bonds. The molecule has 0 saturated heterocycles. The monoisotopic (exact) mass is 304 g/mol. The van der Waals surface area contributed by atoms with E-state index in [0.717, 1.165) is 0 Å². The van der Waals surface area contributed by atoms with Crippen LogP contribution in [0.4, 0.5) is 0 Å². The van der Waals surface area contributed by atoms with E-state index in [0.29, 0.717) is 16.1 Å². The van der Waals surface area contributed by atoms with Gasteiger partial charge in [0.05, 0.1) is 6.42 Å². The van der Waals surface area contributed by atoms with Crippen LogP contribution < -0.4 is 10.9 Å². The lowest BCUT2D eigenvalue weighted by atomic mass is 10.1. The molecule has 0 bridgehead atoms. The van der Waals surface area contributed by atoms with Crippen LogP contribution in [-0.4, -0.2) is 16.9 Å². The van der Waals surface area contributed by atoms with Gasteiger partial charge >= 0.3 is 0 Å². The molecule has 2 rings (SSSR count). The summed E-state index contributed by atoms with van der Waals surface area (Å²) < 4.78 is 0. The van der Waals surface area contributed by atoms with Crippen LogP contribution >= 0.6 is 11.6 Å². The molecule has 0 fully saturated rings. The molecule has 0 saturated carbocycles. The first-order valence-corrected chi connectivity index (χ1v) is 6.55. The molecular weight excluding hydrogens is 292 g/mol. The Labute approximate surface area is 126 Å². The highest BCUT2D eigenvalue weighted by Gasteiger charge is 2.08. The second-order valence-corrected chi connectivity index (χ2v) is 4.80. The second-order valence-electron chi connectivity index (χ2n) is 4.36. The van der Waals surface area contributed by atoms with Crippen LogP contribution in [0.25, 0.3) is 0 Å². The average molecular weight is 305 g/mol. The van der Waals surface area contributed by atoms with Crippen molar-refractivity contribution in [2.45, 2.75) is 6.42 Å². The Bertz CT molecular complexity index is 673. The molecule has 0 radical (unpaired) electrons. The largest absolute Gasteiger partial charge is 0.508 e. The number of nitrogens with one attached hydrogen (secondary N) is 2. The van der Waals surface area contributed by atoms with E-state index < -0.39 is 11.8 Å². The van der Waals surface area contributed by atoms with Crippen molar-refractivity contribution in [3.05, 3.63) is 64.7 Å². The fourth-order valence-corrected chi connectivity index (χ4v) is 1.91. The van der Waals surface area contributed by atoms with Crippen molar-refractivity contribution in [1.82, 2.24) is 10.9 Å². The highest BCUT2D eigenvalue weighted by atomic mass is 35.5. The van der Waals surface area contributed by atoms with Crippen LogP contribution in [0.1, 0.15) is 15.9 Å².